The molecular formula is C15H22N4. The topological polar surface area (TPSA) is 51.1 Å². The molecule has 0 aromatic heterocycles. The Morgan fingerprint density at radius 2 is 2.11 bits per heavy atom. The number of piperazine rings is 1. The highest BCUT2D eigenvalue weighted by Gasteiger charge is 2.15. The van der Waals surface area contributed by atoms with Gasteiger partial charge in [0.1, 0.15) is 6.07 Å². The van der Waals surface area contributed by atoms with Crippen LogP contribution in [-0.2, 0) is 0 Å². The summed E-state index contributed by atoms with van der Waals surface area (Å²) in [4.78, 5) is 2.52. The molecule has 2 N–H and O–H groups in total. The van der Waals surface area contributed by atoms with Crippen molar-refractivity contribution in [3.8, 4) is 6.07 Å². The maximum absolute atomic E-state index is 9.03. The van der Waals surface area contributed by atoms with Gasteiger partial charge in [-0.3, -0.25) is 4.90 Å². The fourth-order valence-corrected chi connectivity index (χ4v) is 2.46. The average molecular weight is 258 g/mol. The minimum atomic E-state index is 0.587. The van der Waals surface area contributed by atoms with E-state index in [0.29, 0.717) is 6.04 Å². The lowest BCUT2D eigenvalue weighted by Gasteiger charge is -2.32. The summed E-state index contributed by atoms with van der Waals surface area (Å²) in [7, 11) is 0. The van der Waals surface area contributed by atoms with Gasteiger partial charge in [0.25, 0.3) is 0 Å². The Morgan fingerprint density at radius 1 is 1.37 bits per heavy atom. The number of hydrogen-bond donors (Lipinski definition) is 2. The number of para-hydroxylation sites is 1. The Bertz CT molecular complexity index is 432. The third-order valence-corrected chi connectivity index (χ3v) is 3.70. The Balaban J connectivity index is 1.78. The minimum absolute atomic E-state index is 0.587. The highest BCUT2D eigenvalue weighted by Crippen LogP contribution is 2.14. The van der Waals surface area contributed by atoms with Crippen molar-refractivity contribution in [1.29, 1.82) is 5.26 Å². The number of nitrogens with one attached hydrogen (secondary N) is 2. The predicted molar refractivity (Wildman–Crippen MR) is 78.2 cm³/mol. The molecule has 102 valence electrons. The van der Waals surface area contributed by atoms with Gasteiger partial charge in [0.15, 0.2) is 0 Å². The summed E-state index contributed by atoms with van der Waals surface area (Å²) in [6.07, 6.45) is 1.10. The number of nitrogens with zero attached hydrogens (tertiary/aromatic N) is 2. The van der Waals surface area contributed by atoms with E-state index in [-0.39, 0.29) is 0 Å². The zero-order chi connectivity index (χ0) is 13.5. The molecule has 1 aliphatic rings. The number of nitriles is 1. The number of rotatable bonds is 5. The van der Waals surface area contributed by atoms with E-state index in [2.05, 4.69) is 28.5 Å². The van der Waals surface area contributed by atoms with E-state index in [4.69, 9.17) is 5.26 Å². The smallest absolute Gasteiger partial charge is 0.101 e. The molecule has 1 atom stereocenters. The van der Waals surface area contributed by atoms with Crippen molar-refractivity contribution in [3.05, 3.63) is 29.8 Å². The van der Waals surface area contributed by atoms with Crippen LogP contribution in [0.4, 0.5) is 5.69 Å². The van der Waals surface area contributed by atoms with E-state index in [1.807, 2.05) is 24.3 Å². The van der Waals surface area contributed by atoms with Gasteiger partial charge in [-0.2, -0.15) is 5.26 Å². The molecule has 0 saturated carbocycles. The first-order valence-electron chi connectivity index (χ1n) is 6.99. The van der Waals surface area contributed by atoms with E-state index in [9.17, 15) is 0 Å². The van der Waals surface area contributed by atoms with Crippen molar-refractivity contribution < 1.29 is 0 Å². The zero-order valence-electron chi connectivity index (χ0n) is 11.5. The first-order valence-corrected chi connectivity index (χ1v) is 6.99. The van der Waals surface area contributed by atoms with E-state index < -0.39 is 0 Å². The monoisotopic (exact) mass is 258 g/mol. The molecule has 0 aliphatic carbocycles. The first-order chi connectivity index (χ1) is 9.31. The first kappa shape index (κ1) is 13.9. The van der Waals surface area contributed by atoms with Crippen molar-refractivity contribution in [3.63, 3.8) is 0 Å². The van der Waals surface area contributed by atoms with E-state index in [1.165, 1.54) is 0 Å². The van der Waals surface area contributed by atoms with Gasteiger partial charge in [-0.15, -0.1) is 0 Å². The van der Waals surface area contributed by atoms with Gasteiger partial charge in [-0.25, -0.2) is 0 Å². The Hall–Kier alpha value is -1.57. The quantitative estimate of drug-likeness (QED) is 0.843. The van der Waals surface area contributed by atoms with Crippen LogP contribution in [0.2, 0.25) is 0 Å². The normalized spacial score (nSPS) is 17.7. The summed E-state index contributed by atoms with van der Waals surface area (Å²) < 4.78 is 0. The second-order valence-corrected chi connectivity index (χ2v) is 5.01. The van der Waals surface area contributed by atoms with Crippen molar-refractivity contribution in [1.82, 2.24) is 10.2 Å². The number of benzene rings is 1. The van der Waals surface area contributed by atoms with Gasteiger partial charge in [-0.1, -0.05) is 12.1 Å². The lowest BCUT2D eigenvalue weighted by Crippen LogP contribution is -2.47. The van der Waals surface area contributed by atoms with Gasteiger partial charge in [0, 0.05) is 38.8 Å². The standard InChI is InChI=1S/C15H22N4/c1-13(19-10-8-17-9-11-19)6-7-18-15-5-3-2-4-14(15)12-16/h2-5,13,17-18H,6-11H2,1H3. The average Bonchev–Trinajstić information content (AvgIpc) is 2.48. The summed E-state index contributed by atoms with van der Waals surface area (Å²) in [5.41, 5.74) is 1.66. The van der Waals surface area contributed by atoms with E-state index in [1.54, 1.807) is 0 Å². The maximum Gasteiger partial charge on any atom is 0.101 e. The molecule has 0 bridgehead atoms. The van der Waals surface area contributed by atoms with Gasteiger partial charge >= 0.3 is 0 Å². The van der Waals surface area contributed by atoms with Crippen LogP contribution in [0.5, 0.6) is 0 Å². The van der Waals surface area contributed by atoms with Crippen LogP contribution in [0, 0.1) is 11.3 Å². The van der Waals surface area contributed by atoms with Crippen LogP contribution in [0.15, 0.2) is 24.3 Å². The Labute approximate surface area is 115 Å². The van der Waals surface area contributed by atoms with Crippen LogP contribution in [0.25, 0.3) is 0 Å². The molecule has 0 amide bonds. The summed E-state index contributed by atoms with van der Waals surface area (Å²) in [5.74, 6) is 0. The van der Waals surface area contributed by atoms with Crippen LogP contribution in [0.1, 0.15) is 18.9 Å². The van der Waals surface area contributed by atoms with Gasteiger partial charge in [0.05, 0.1) is 11.3 Å². The number of anilines is 1. The summed E-state index contributed by atoms with van der Waals surface area (Å²) in [5, 5.41) is 15.8. The summed E-state index contributed by atoms with van der Waals surface area (Å²) in [6.45, 7) is 7.64. The molecule has 19 heavy (non-hydrogen) atoms. The Kier molecular flexibility index (Phi) is 5.20. The zero-order valence-corrected chi connectivity index (χ0v) is 11.5. The molecular weight excluding hydrogens is 236 g/mol. The highest BCUT2D eigenvalue weighted by atomic mass is 15.2. The molecule has 0 spiro atoms. The maximum atomic E-state index is 9.03. The molecule has 1 unspecified atom stereocenters. The van der Waals surface area contributed by atoms with E-state index >= 15 is 0 Å². The lowest BCUT2D eigenvalue weighted by molar-refractivity contribution is 0.179. The van der Waals surface area contributed by atoms with Crippen molar-refractivity contribution in [2.75, 3.05) is 38.0 Å². The Morgan fingerprint density at radius 3 is 2.84 bits per heavy atom. The third-order valence-electron chi connectivity index (χ3n) is 3.70. The predicted octanol–water partition coefficient (Wildman–Crippen LogP) is 1.65. The molecule has 1 aromatic rings. The molecule has 1 aliphatic heterocycles. The van der Waals surface area contributed by atoms with Crippen molar-refractivity contribution >= 4 is 5.69 Å². The van der Waals surface area contributed by atoms with Crippen LogP contribution >= 0.6 is 0 Å². The molecule has 4 heteroatoms. The molecule has 1 saturated heterocycles. The second kappa shape index (κ2) is 7.13. The largest absolute Gasteiger partial charge is 0.384 e. The lowest BCUT2D eigenvalue weighted by atomic mass is 10.1. The molecule has 1 heterocycles. The SMILES string of the molecule is CC(CCNc1ccccc1C#N)N1CCNCC1. The van der Waals surface area contributed by atoms with Crippen molar-refractivity contribution in [2.24, 2.45) is 0 Å². The van der Waals surface area contributed by atoms with Crippen LogP contribution < -0.4 is 10.6 Å². The molecule has 2 rings (SSSR count). The molecule has 1 fully saturated rings. The number of hydrogen-bond acceptors (Lipinski definition) is 4. The van der Waals surface area contributed by atoms with Crippen LogP contribution in [0.3, 0.4) is 0 Å². The van der Waals surface area contributed by atoms with Gasteiger partial charge < -0.3 is 10.6 Å². The van der Waals surface area contributed by atoms with E-state index in [0.717, 1.165) is 50.4 Å². The van der Waals surface area contributed by atoms with Crippen LogP contribution in [-0.4, -0.2) is 43.7 Å². The molecule has 4 nitrogen and oxygen atoms in total. The fraction of sp³-hybridized carbons (Fsp3) is 0.533. The third kappa shape index (κ3) is 3.95. The van der Waals surface area contributed by atoms with Gasteiger partial charge in [-0.05, 0) is 25.5 Å². The molecule has 1 aromatic carbocycles. The summed E-state index contributed by atoms with van der Waals surface area (Å²) >= 11 is 0. The highest BCUT2D eigenvalue weighted by molar-refractivity contribution is 5.56. The molecule has 0 radical (unpaired) electrons. The fourth-order valence-electron chi connectivity index (χ4n) is 2.46. The van der Waals surface area contributed by atoms with Crippen molar-refractivity contribution in [2.45, 2.75) is 19.4 Å². The summed E-state index contributed by atoms with van der Waals surface area (Å²) in [6, 6.07) is 10.5. The second-order valence-electron chi connectivity index (χ2n) is 5.01. The van der Waals surface area contributed by atoms with Gasteiger partial charge in [0.2, 0.25) is 0 Å². The minimum Gasteiger partial charge on any atom is -0.384 e.